The van der Waals surface area contributed by atoms with Crippen molar-refractivity contribution in [3.8, 4) is 11.4 Å². The third kappa shape index (κ3) is 5.04. The van der Waals surface area contributed by atoms with Crippen LogP contribution in [0.4, 0.5) is 5.69 Å². The van der Waals surface area contributed by atoms with Crippen LogP contribution in [0.1, 0.15) is 12.5 Å². The van der Waals surface area contributed by atoms with Crippen LogP contribution in [0.25, 0.3) is 11.4 Å². The molecule has 9 heteroatoms. The van der Waals surface area contributed by atoms with Crippen molar-refractivity contribution in [2.45, 2.75) is 30.4 Å². The second-order valence-electron chi connectivity index (χ2n) is 6.50. The number of benzene rings is 2. The molecule has 0 bridgehead atoms. The van der Waals surface area contributed by atoms with Gasteiger partial charge in [0.05, 0.1) is 10.6 Å². The minimum atomic E-state index is -3.28. The van der Waals surface area contributed by atoms with Crippen molar-refractivity contribution in [1.29, 1.82) is 0 Å². The lowest BCUT2D eigenvalue weighted by Crippen LogP contribution is -2.15. The Kier molecular flexibility index (Phi) is 6.39. The molecule has 29 heavy (non-hydrogen) atoms. The van der Waals surface area contributed by atoms with E-state index >= 15 is 0 Å². The molecule has 0 fully saturated rings. The van der Waals surface area contributed by atoms with Crippen LogP contribution in [-0.2, 0) is 21.2 Å². The van der Waals surface area contributed by atoms with Crippen molar-refractivity contribution in [3.05, 3.63) is 54.1 Å². The third-order valence-corrected chi connectivity index (χ3v) is 6.37. The summed E-state index contributed by atoms with van der Waals surface area (Å²) in [7, 11) is -3.28. The second-order valence-corrected chi connectivity index (χ2v) is 9.46. The Morgan fingerprint density at radius 2 is 1.86 bits per heavy atom. The maximum absolute atomic E-state index is 12.4. The molecule has 0 radical (unpaired) electrons. The summed E-state index contributed by atoms with van der Waals surface area (Å²) in [5.41, 5.74) is 2.25. The third-order valence-electron chi connectivity index (χ3n) is 4.30. The number of carbonyl (C=O) groups excluding carboxylic acids is 1. The fraction of sp³-hybridized carbons (Fsp3) is 0.250. The molecule has 1 N–H and O–H groups in total. The molecule has 152 valence electrons. The Bertz CT molecular complexity index is 1130. The average Bonchev–Trinajstić information content (AvgIpc) is 3.10. The molecule has 1 amide bonds. The fourth-order valence-corrected chi connectivity index (χ4v) is 4.31. The number of nitrogens with one attached hydrogen (secondary N) is 1. The Morgan fingerprint density at radius 3 is 2.48 bits per heavy atom. The number of hydrogen-bond donors (Lipinski definition) is 1. The SMILES string of the molecule is CCn1c(SCC(=O)Nc2ccc(S(C)(=O)=O)cc2C)nnc1-c1ccccc1. The van der Waals surface area contributed by atoms with Gasteiger partial charge in [-0.25, -0.2) is 8.42 Å². The number of aryl methyl sites for hydroxylation is 1. The molecule has 0 aliphatic rings. The lowest BCUT2D eigenvalue weighted by atomic mass is 10.2. The Labute approximate surface area is 174 Å². The van der Waals surface area contributed by atoms with Gasteiger partial charge in [-0.05, 0) is 37.6 Å². The standard InChI is InChI=1S/C20H22N4O3S2/c1-4-24-19(15-8-6-5-7-9-15)22-23-20(24)28-13-18(25)21-17-11-10-16(12-14(17)2)29(3,26)27/h5-12H,4,13H2,1-3H3,(H,21,25). The summed E-state index contributed by atoms with van der Waals surface area (Å²) in [6.07, 6.45) is 1.16. The number of aromatic nitrogens is 3. The molecule has 1 heterocycles. The highest BCUT2D eigenvalue weighted by Crippen LogP contribution is 2.24. The van der Waals surface area contributed by atoms with E-state index in [1.807, 2.05) is 41.8 Å². The van der Waals surface area contributed by atoms with E-state index in [-0.39, 0.29) is 16.6 Å². The summed E-state index contributed by atoms with van der Waals surface area (Å²) in [4.78, 5) is 12.6. The summed E-state index contributed by atoms with van der Waals surface area (Å²) >= 11 is 1.31. The van der Waals surface area contributed by atoms with Crippen molar-refractivity contribution < 1.29 is 13.2 Å². The lowest BCUT2D eigenvalue weighted by molar-refractivity contribution is -0.113. The van der Waals surface area contributed by atoms with Crippen LogP contribution in [0.5, 0.6) is 0 Å². The number of hydrogen-bond acceptors (Lipinski definition) is 6. The minimum Gasteiger partial charge on any atom is -0.325 e. The van der Waals surface area contributed by atoms with Gasteiger partial charge in [0.15, 0.2) is 20.8 Å². The summed E-state index contributed by atoms with van der Waals surface area (Å²) in [5, 5.41) is 12.0. The summed E-state index contributed by atoms with van der Waals surface area (Å²) in [6, 6.07) is 14.4. The predicted molar refractivity (Wildman–Crippen MR) is 115 cm³/mol. The first-order chi connectivity index (χ1) is 13.8. The molecule has 0 saturated carbocycles. The Hall–Kier alpha value is -2.65. The van der Waals surface area contributed by atoms with E-state index in [2.05, 4.69) is 15.5 Å². The zero-order chi connectivity index (χ0) is 21.0. The second kappa shape index (κ2) is 8.79. The van der Waals surface area contributed by atoms with Gasteiger partial charge < -0.3 is 9.88 Å². The van der Waals surface area contributed by atoms with Crippen LogP contribution in [0, 0.1) is 6.92 Å². The van der Waals surface area contributed by atoms with Gasteiger partial charge in [0.25, 0.3) is 0 Å². The summed E-state index contributed by atoms with van der Waals surface area (Å²) in [5.74, 6) is 0.737. The van der Waals surface area contributed by atoms with Crippen LogP contribution in [0.2, 0.25) is 0 Å². The van der Waals surface area contributed by atoms with Crippen LogP contribution < -0.4 is 5.32 Å². The molecule has 0 spiro atoms. The minimum absolute atomic E-state index is 0.167. The number of carbonyl (C=O) groups is 1. The Morgan fingerprint density at radius 1 is 1.14 bits per heavy atom. The molecule has 3 rings (SSSR count). The van der Waals surface area contributed by atoms with Crippen LogP contribution in [-0.4, -0.2) is 41.1 Å². The zero-order valence-corrected chi connectivity index (χ0v) is 18.0. The average molecular weight is 431 g/mol. The van der Waals surface area contributed by atoms with E-state index < -0.39 is 9.84 Å². The molecule has 0 aliphatic heterocycles. The number of nitrogens with zero attached hydrogens (tertiary/aromatic N) is 3. The van der Waals surface area contributed by atoms with Gasteiger partial charge in [-0.3, -0.25) is 4.79 Å². The van der Waals surface area contributed by atoms with Gasteiger partial charge in [0, 0.05) is 24.1 Å². The summed E-state index contributed by atoms with van der Waals surface area (Å²) < 4.78 is 25.2. The highest BCUT2D eigenvalue weighted by atomic mass is 32.2. The molecule has 1 aromatic heterocycles. The first kappa shape index (κ1) is 21.1. The van der Waals surface area contributed by atoms with Gasteiger partial charge in [0.2, 0.25) is 5.91 Å². The molecule has 0 aliphatic carbocycles. The van der Waals surface area contributed by atoms with Crippen LogP contribution >= 0.6 is 11.8 Å². The molecule has 3 aromatic rings. The van der Waals surface area contributed by atoms with Gasteiger partial charge in [-0.15, -0.1) is 10.2 Å². The van der Waals surface area contributed by atoms with Gasteiger partial charge in [-0.2, -0.15) is 0 Å². The van der Waals surface area contributed by atoms with E-state index in [9.17, 15) is 13.2 Å². The molecular formula is C20H22N4O3S2. The molecular weight excluding hydrogens is 408 g/mol. The first-order valence-electron chi connectivity index (χ1n) is 9.01. The highest BCUT2D eigenvalue weighted by Gasteiger charge is 2.15. The van der Waals surface area contributed by atoms with E-state index in [4.69, 9.17) is 0 Å². The van der Waals surface area contributed by atoms with E-state index in [1.54, 1.807) is 19.1 Å². The van der Waals surface area contributed by atoms with Gasteiger partial charge >= 0.3 is 0 Å². The number of anilines is 1. The first-order valence-corrected chi connectivity index (χ1v) is 11.9. The fourth-order valence-electron chi connectivity index (χ4n) is 2.80. The van der Waals surface area contributed by atoms with Crippen molar-refractivity contribution in [2.24, 2.45) is 0 Å². The molecule has 7 nitrogen and oxygen atoms in total. The number of sulfone groups is 1. The topological polar surface area (TPSA) is 94.0 Å². The monoisotopic (exact) mass is 430 g/mol. The lowest BCUT2D eigenvalue weighted by Gasteiger charge is -2.10. The number of rotatable bonds is 7. The predicted octanol–water partition coefficient (Wildman–Crippen LogP) is 3.41. The zero-order valence-electron chi connectivity index (χ0n) is 16.4. The maximum atomic E-state index is 12.4. The molecule has 0 unspecified atom stereocenters. The van der Waals surface area contributed by atoms with Crippen LogP contribution in [0.3, 0.4) is 0 Å². The largest absolute Gasteiger partial charge is 0.325 e. The van der Waals surface area contributed by atoms with E-state index in [1.165, 1.54) is 17.8 Å². The Balaban J connectivity index is 1.68. The molecule has 0 saturated heterocycles. The maximum Gasteiger partial charge on any atom is 0.234 e. The van der Waals surface area contributed by atoms with Gasteiger partial charge in [-0.1, -0.05) is 42.1 Å². The van der Waals surface area contributed by atoms with Crippen molar-refractivity contribution in [3.63, 3.8) is 0 Å². The normalized spacial score (nSPS) is 11.4. The van der Waals surface area contributed by atoms with Crippen LogP contribution in [0.15, 0.2) is 58.6 Å². The quantitative estimate of drug-likeness (QED) is 0.577. The van der Waals surface area contributed by atoms with Gasteiger partial charge in [0.1, 0.15) is 0 Å². The van der Waals surface area contributed by atoms with Crippen molar-refractivity contribution >= 4 is 33.2 Å². The van der Waals surface area contributed by atoms with Crippen molar-refractivity contribution in [1.82, 2.24) is 14.8 Å². The molecule has 0 atom stereocenters. The van der Waals surface area contributed by atoms with E-state index in [0.29, 0.717) is 23.0 Å². The molecule has 2 aromatic carbocycles. The van der Waals surface area contributed by atoms with E-state index in [0.717, 1.165) is 17.6 Å². The smallest absolute Gasteiger partial charge is 0.234 e. The summed E-state index contributed by atoms with van der Waals surface area (Å²) in [6.45, 7) is 4.46. The number of amides is 1. The van der Waals surface area contributed by atoms with Crippen molar-refractivity contribution in [2.75, 3.05) is 17.3 Å². The number of thioether (sulfide) groups is 1. The highest BCUT2D eigenvalue weighted by molar-refractivity contribution is 7.99.